The second kappa shape index (κ2) is 6.66. The van der Waals surface area contributed by atoms with Gasteiger partial charge in [0.25, 0.3) is 0 Å². The second-order valence-corrected chi connectivity index (χ2v) is 5.49. The number of halogens is 2. The summed E-state index contributed by atoms with van der Waals surface area (Å²) in [6.45, 7) is 3.37. The van der Waals surface area contributed by atoms with Gasteiger partial charge in [0.05, 0.1) is 0 Å². The number of likely N-dealkylation sites (N-methyl/N-ethyl adjacent to an activating group) is 1. The fourth-order valence-electron chi connectivity index (χ4n) is 2.52. The molecule has 19 heavy (non-hydrogen) atoms. The summed E-state index contributed by atoms with van der Waals surface area (Å²) in [4.78, 5) is 4.44. The molecule has 0 bridgehead atoms. The predicted molar refractivity (Wildman–Crippen MR) is 74.8 cm³/mol. The van der Waals surface area contributed by atoms with Gasteiger partial charge in [-0.1, -0.05) is 17.7 Å². The van der Waals surface area contributed by atoms with Crippen LogP contribution in [0.5, 0.6) is 0 Å². The van der Waals surface area contributed by atoms with E-state index in [1.54, 1.807) is 12.1 Å². The van der Waals surface area contributed by atoms with Gasteiger partial charge in [-0.15, -0.1) is 0 Å². The second-order valence-electron chi connectivity index (χ2n) is 5.08. The first kappa shape index (κ1) is 14.7. The molecule has 1 fully saturated rings. The van der Waals surface area contributed by atoms with Crippen molar-refractivity contribution < 1.29 is 9.50 Å². The Morgan fingerprint density at radius 1 is 1.42 bits per heavy atom. The number of piperazine rings is 1. The van der Waals surface area contributed by atoms with Gasteiger partial charge in [-0.3, -0.25) is 4.90 Å². The van der Waals surface area contributed by atoms with Crippen molar-refractivity contribution in [3.05, 3.63) is 34.6 Å². The van der Waals surface area contributed by atoms with Gasteiger partial charge >= 0.3 is 0 Å². The van der Waals surface area contributed by atoms with E-state index in [-0.39, 0.29) is 12.4 Å². The number of rotatable bonds is 4. The van der Waals surface area contributed by atoms with E-state index in [9.17, 15) is 4.39 Å². The molecular weight excluding hydrogens is 267 g/mol. The minimum Gasteiger partial charge on any atom is -0.396 e. The molecule has 1 aromatic carbocycles. The Bertz CT molecular complexity index is 410. The van der Waals surface area contributed by atoms with Crippen LogP contribution in [0.1, 0.15) is 12.0 Å². The van der Waals surface area contributed by atoms with Crippen molar-refractivity contribution in [2.24, 2.45) is 0 Å². The summed E-state index contributed by atoms with van der Waals surface area (Å²) in [6, 6.07) is 5.12. The number of hydrogen-bond donors (Lipinski definition) is 1. The molecule has 3 nitrogen and oxygen atoms in total. The Hall–Kier alpha value is -0.680. The molecule has 5 heteroatoms. The zero-order chi connectivity index (χ0) is 13.8. The molecule has 0 saturated carbocycles. The summed E-state index contributed by atoms with van der Waals surface area (Å²) < 4.78 is 13.8. The average molecular weight is 287 g/mol. The molecule has 1 aromatic rings. The Morgan fingerprint density at radius 3 is 2.89 bits per heavy atom. The lowest BCUT2D eigenvalue weighted by Gasteiger charge is -2.39. The highest BCUT2D eigenvalue weighted by Crippen LogP contribution is 2.22. The molecular formula is C14H20ClFN2O. The van der Waals surface area contributed by atoms with Crippen LogP contribution in [0.4, 0.5) is 4.39 Å². The minimum absolute atomic E-state index is 0.184. The number of benzene rings is 1. The van der Waals surface area contributed by atoms with Crippen molar-refractivity contribution in [3.8, 4) is 0 Å². The van der Waals surface area contributed by atoms with Crippen LogP contribution >= 0.6 is 11.6 Å². The highest BCUT2D eigenvalue weighted by Gasteiger charge is 2.24. The SMILES string of the molecule is CN1CCN(Cc2c(F)cccc2Cl)CC1CCO. The summed E-state index contributed by atoms with van der Waals surface area (Å²) in [7, 11) is 2.06. The first-order valence-electron chi connectivity index (χ1n) is 6.58. The molecule has 1 aliphatic rings. The molecule has 1 heterocycles. The van der Waals surface area contributed by atoms with Crippen LogP contribution in [0.15, 0.2) is 18.2 Å². The van der Waals surface area contributed by atoms with E-state index in [1.807, 2.05) is 0 Å². The van der Waals surface area contributed by atoms with Crippen LogP contribution in [0.2, 0.25) is 5.02 Å². The normalized spacial score (nSPS) is 21.8. The van der Waals surface area contributed by atoms with Gasteiger partial charge in [-0.05, 0) is 25.6 Å². The maximum absolute atomic E-state index is 13.8. The predicted octanol–water partition coefficient (Wildman–Crippen LogP) is 1.98. The Kier molecular flexibility index (Phi) is 5.16. The fourth-order valence-corrected chi connectivity index (χ4v) is 2.74. The van der Waals surface area contributed by atoms with Crippen LogP contribution in [0.25, 0.3) is 0 Å². The quantitative estimate of drug-likeness (QED) is 0.917. The standard InChI is InChI=1S/C14H20ClFN2O/c1-17-6-7-18(9-11(17)5-8-19)10-12-13(15)3-2-4-14(12)16/h2-4,11,19H,5-10H2,1H3. The van der Waals surface area contributed by atoms with Gasteiger partial charge in [-0.2, -0.15) is 0 Å². The summed E-state index contributed by atoms with van der Waals surface area (Å²) in [5.74, 6) is -0.245. The van der Waals surface area contributed by atoms with Crippen LogP contribution in [0.3, 0.4) is 0 Å². The van der Waals surface area contributed by atoms with E-state index in [1.165, 1.54) is 6.07 Å². The van der Waals surface area contributed by atoms with Gasteiger partial charge in [0, 0.05) is 49.4 Å². The first-order valence-corrected chi connectivity index (χ1v) is 6.96. The van der Waals surface area contributed by atoms with E-state index < -0.39 is 0 Å². The molecule has 0 spiro atoms. The molecule has 1 N–H and O–H groups in total. The van der Waals surface area contributed by atoms with Crippen molar-refractivity contribution in [1.82, 2.24) is 9.80 Å². The molecule has 106 valence electrons. The van der Waals surface area contributed by atoms with Gasteiger partial charge < -0.3 is 10.0 Å². The zero-order valence-corrected chi connectivity index (χ0v) is 11.9. The third-order valence-corrected chi connectivity index (χ3v) is 4.12. The molecule has 2 rings (SSSR count). The van der Waals surface area contributed by atoms with Crippen molar-refractivity contribution in [2.75, 3.05) is 33.3 Å². The van der Waals surface area contributed by atoms with Gasteiger partial charge in [0.1, 0.15) is 5.82 Å². The topological polar surface area (TPSA) is 26.7 Å². The number of aliphatic hydroxyl groups excluding tert-OH is 1. The van der Waals surface area contributed by atoms with Crippen LogP contribution in [0, 0.1) is 5.82 Å². The minimum atomic E-state index is -0.245. The van der Waals surface area contributed by atoms with Crippen molar-refractivity contribution >= 4 is 11.6 Å². The summed E-state index contributed by atoms with van der Waals surface area (Å²) in [5, 5.41) is 9.56. The smallest absolute Gasteiger partial charge is 0.129 e. The number of hydrogen-bond acceptors (Lipinski definition) is 3. The summed E-state index contributed by atoms with van der Waals surface area (Å²) in [6.07, 6.45) is 0.748. The molecule has 1 atom stereocenters. The Balaban J connectivity index is 2.03. The monoisotopic (exact) mass is 286 g/mol. The van der Waals surface area contributed by atoms with Gasteiger partial charge in [-0.25, -0.2) is 4.39 Å². The van der Waals surface area contributed by atoms with Gasteiger partial charge in [0.2, 0.25) is 0 Å². The third-order valence-electron chi connectivity index (χ3n) is 3.77. The highest BCUT2D eigenvalue weighted by molar-refractivity contribution is 6.31. The Labute approximate surface area is 118 Å². The first-order chi connectivity index (χ1) is 9.11. The van der Waals surface area contributed by atoms with Crippen LogP contribution < -0.4 is 0 Å². The fraction of sp³-hybridized carbons (Fsp3) is 0.571. The Morgan fingerprint density at radius 2 is 2.21 bits per heavy atom. The molecule has 1 saturated heterocycles. The maximum atomic E-state index is 13.8. The largest absolute Gasteiger partial charge is 0.396 e. The van der Waals surface area contributed by atoms with Crippen molar-refractivity contribution in [1.29, 1.82) is 0 Å². The zero-order valence-electron chi connectivity index (χ0n) is 11.1. The van der Waals surface area contributed by atoms with E-state index in [4.69, 9.17) is 16.7 Å². The molecule has 0 aromatic heterocycles. The highest BCUT2D eigenvalue weighted by atomic mass is 35.5. The molecule has 1 aliphatic heterocycles. The maximum Gasteiger partial charge on any atom is 0.129 e. The summed E-state index contributed by atoms with van der Waals surface area (Å²) >= 11 is 6.06. The lowest BCUT2D eigenvalue weighted by atomic mass is 10.1. The van der Waals surface area contributed by atoms with Crippen LogP contribution in [-0.4, -0.2) is 54.2 Å². The van der Waals surface area contributed by atoms with Crippen molar-refractivity contribution in [2.45, 2.75) is 19.0 Å². The van der Waals surface area contributed by atoms with E-state index in [0.29, 0.717) is 23.2 Å². The van der Waals surface area contributed by atoms with Crippen molar-refractivity contribution in [3.63, 3.8) is 0 Å². The third kappa shape index (κ3) is 3.66. The molecule has 0 amide bonds. The van der Waals surface area contributed by atoms with E-state index in [0.717, 1.165) is 26.1 Å². The lowest BCUT2D eigenvalue weighted by Crippen LogP contribution is -2.51. The molecule has 0 aliphatic carbocycles. The number of aliphatic hydroxyl groups is 1. The number of nitrogens with zero attached hydrogens (tertiary/aromatic N) is 2. The van der Waals surface area contributed by atoms with Crippen LogP contribution in [-0.2, 0) is 6.54 Å². The van der Waals surface area contributed by atoms with E-state index in [2.05, 4.69) is 16.8 Å². The van der Waals surface area contributed by atoms with E-state index >= 15 is 0 Å². The molecule has 0 radical (unpaired) electrons. The van der Waals surface area contributed by atoms with Gasteiger partial charge in [0.15, 0.2) is 0 Å². The molecule has 1 unspecified atom stereocenters. The average Bonchev–Trinajstić information content (AvgIpc) is 2.38. The lowest BCUT2D eigenvalue weighted by molar-refractivity contribution is 0.0737. The summed E-state index contributed by atoms with van der Waals surface area (Å²) in [5.41, 5.74) is 0.566.